The fourth-order valence-corrected chi connectivity index (χ4v) is 6.04. The highest BCUT2D eigenvalue weighted by atomic mass is 19.4. The lowest BCUT2D eigenvalue weighted by molar-refractivity contribution is -0.221. The molecule has 0 aromatic rings. The Morgan fingerprint density at radius 2 is 1.70 bits per heavy atom. The van der Waals surface area contributed by atoms with E-state index in [1.165, 1.54) is 11.1 Å². The van der Waals surface area contributed by atoms with Crippen LogP contribution in [0.25, 0.3) is 0 Å². The van der Waals surface area contributed by atoms with Crippen LogP contribution in [0.1, 0.15) is 65.7 Å². The molecule has 1 saturated heterocycles. The van der Waals surface area contributed by atoms with E-state index in [4.69, 9.17) is 14.9 Å². The van der Waals surface area contributed by atoms with Gasteiger partial charge in [-0.05, 0) is 66.9 Å². The van der Waals surface area contributed by atoms with Crippen LogP contribution in [-0.4, -0.2) is 64.2 Å². The van der Waals surface area contributed by atoms with E-state index in [2.05, 4.69) is 20.8 Å². The molecule has 1 aliphatic heterocycles. The molecule has 7 unspecified atom stereocenters. The van der Waals surface area contributed by atoms with Gasteiger partial charge >= 0.3 is 6.18 Å². The Kier molecular flexibility index (Phi) is 8.37. The van der Waals surface area contributed by atoms with Gasteiger partial charge in [0.1, 0.15) is 0 Å². The molecule has 1 heterocycles. The maximum absolute atomic E-state index is 12.9. The summed E-state index contributed by atoms with van der Waals surface area (Å²) in [5, 5.41) is 37.9. The van der Waals surface area contributed by atoms with E-state index in [-0.39, 0.29) is 24.2 Å². The molecule has 0 radical (unpaired) electrons. The largest absolute Gasteiger partial charge is 0.414 e. The predicted molar refractivity (Wildman–Crippen MR) is 118 cm³/mol. The third kappa shape index (κ3) is 6.01. The first-order chi connectivity index (χ1) is 15.3. The molecule has 0 spiro atoms. The molecule has 5 nitrogen and oxygen atoms in total. The minimum absolute atomic E-state index is 0.00630. The van der Waals surface area contributed by atoms with Gasteiger partial charge in [0.25, 0.3) is 0 Å². The fraction of sp³-hybridized carbons (Fsp3) is 0.840. The van der Waals surface area contributed by atoms with Crippen LogP contribution in [-0.2, 0) is 4.74 Å². The average molecular weight is 477 g/mol. The Bertz CT molecular complexity index is 739. The first kappa shape index (κ1) is 26.7. The molecule has 2 fully saturated rings. The maximum Gasteiger partial charge on any atom is 0.414 e. The van der Waals surface area contributed by atoms with Gasteiger partial charge in [0.05, 0.1) is 31.5 Å². The molecule has 0 aromatic carbocycles. The topological polar surface area (TPSA) is 90.2 Å². The standard InChI is InChI=1S/C20H29F3O2.C5H10O3/c1-11(2)13-6-8-19(3)9-7-14-15(17(13)19)5-4-12(10-16(14)24)18(25)20(21,22)23;6-4-1-5(7)3-8-2-4/h5,11-12,14,16,18,24-25H,4,6-10H2,1-3H3;4-7H,1-3H2. The van der Waals surface area contributed by atoms with Crippen LogP contribution in [0.3, 0.4) is 0 Å². The van der Waals surface area contributed by atoms with E-state index in [0.29, 0.717) is 25.6 Å². The van der Waals surface area contributed by atoms with Crippen molar-refractivity contribution in [3.63, 3.8) is 0 Å². The molecule has 0 aromatic heterocycles. The van der Waals surface area contributed by atoms with Gasteiger partial charge in [0.15, 0.2) is 6.10 Å². The summed E-state index contributed by atoms with van der Waals surface area (Å²) in [6.45, 7) is 7.34. The molecule has 0 amide bonds. The van der Waals surface area contributed by atoms with Gasteiger partial charge < -0.3 is 25.2 Å². The Morgan fingerprint density at radius 3 is 2.21 bits per heavy atom. The van der Waals surface area contributed by atoms with Crippen molar-refractivity contribution >= 4 is 0 Å². The second-order valence-corrected chi connectivity index (χ2v) is 10.8. The zero-order valence-corrected chi connectivity index (χ0v) is 19.8. The average Bonchev–Trinajstić information content (AvgIpc) is 2.98. The Morgan fingerprint density at radius 1 is 1.06 bits per heavy atom. The summed E-state index contributed by atoms with van der Waals surface area (Å²) in [6, 6.07) is 0. The van der Waals surface area contributed by atoms with Crippen molar-refractivity contribution in [3.05, 3.63) is 22.8 Å². The van der Waals surface area contributed by atoms with Crippen molar-refractivity contribution in [3.8, 4) is 0 Å². The van der Waals surface area contributed by atoms with Crippen LogP contribution < -0.4 is 0 Å². The number of aliphatic hydroxyl groups is 4. The van der Waals surface area contributed by atoms with Gasteiger partial charge in [-0.25, -0.2) is 0 Å². The predicted octanol–water partition coefficient (Wildman–Crippen LogP) is 3.90. The third-order valence-electron chi connectivity index (χ3n) is 7.86. The number of alkyl halides is 3. The molecule has 0 bridgehead atoms. The summed E-state index contributed by atoms with van der Waals surface area (Å²) in [5.74, 6) is -0.655. The molecule has 4 aliphatic rings. The normalized spacial score (nSPS) is 38.0. The van der Waals surface area contributed by atoms with Gasteiger partial charge in [-0.15, -0.1) is 0 Å². The quantitative estimate of drug-likeness (QED) is 0.486. The van der Waals surface area contributed by atoms with Crippen LogP contribution >= 0.6 is 0 Å². The van der Waals surface area contributed by atoms with Gasteiger partial charge in [-0.1, -0.05) is 32.4 Å². The Labute approximate surface area is 194 Å². The number of ether oxygens (including phenoxy) is 1. The molecule has 190 valence electrons. The summed E-state index contributed by atoms with van der Waals surface area (Å²) in [6.07, 6.45) is -2.28. The molecule has 4 rings (SSSR count). The van der Waals surface area contributed by atoms with Crippen LogP contribution in [0.5, 0.6) is 0 Å². The van der Waals surface area contributed by atoms with E-state index < -0.39 is 36.5 Å². The number of hydrogen-bond acceptors (Lipinski definition) is 5. The van der Waals surface area contributed by atoms with Crippen molar-refractivity contribution in [1.82, 2.24) is 0 Å². The first-order valence-electron chi connectivity index (χ1n) is 12.1. The number of aliphatic hydroxyl groups excluding tert-OH is 4. The van der Waals surface area contributed by atoms with Gasteiger partial charge in [-0.3, -0.25) is 0 Å². The SMILES string of the molecule is CC(C)C1=C2C3=CCC(C(O)C(F)(F)F)CC(O)C3CCC2(C)CC1.OC1COCC(O)C1. The van der Waals surface area contributed by atoms with E-state index in [1.54, 1.807) is 0 Å². The fourth-order valence-electron chi connectivity index (χ4n) is 6.04. The van der Waals surface area contributed by atoms with Gasteiger partial charge in [-0.2, -0.15) is 13.2 Å². The van der Waals surface area contributed by atoms with Crippen molar-refractivity contribution in [2.24, 2.45) is 23.2 Å². The minimum atomic E-state index is -4.64. The summed E-state index contributed by atoms with van der Waals surface area (Å²) < 4.78 is 43.6. The zero-order chi connectivity index (χ0) is 24.6. The zero-order valence-electron chi connectivity index (χ0n) is 19.8. The second-order valence-electron chi connectivity index (χ2n) is 10.8. The van der Waals surface area contributed by atoms with E-state index in [9.17, 15) is 23.4 Å². The number of allylic oxidation sites excluding steroid dienone is 3. The molecule has 33 heavy (non-hydrogen) atoms. The van der Waals surface area contributed by atoms with Crippen molar-refractivity contribution in [2.75, 3.05) is 13.2 Å². The van der Waals surface area contributed by atoms with Gasteiger partial charge in [0.2, 0.25) is 0 Å². The van der Waals surface area contributed by atoms with Crippen LogP contribution in [0.15, 0.2) is 22.8 Å². The van der Waals surface area contributed by atoms with E-state index in [0.717, 1.165) is 31.3 Å². The number of rotatable bonds is 2. The van der Waals surface area contributed by atoms with Crippen molar-refractivity contribution in [1.29, 1.82) is 0 Å². The number of hydrogen-bond donors (Lipinski definition) is 4. The van der Waals surface area contributed by atoms with Crippen LogP contribution in [0.2, 0.25) is 0 Å². The second kappa shape index (κ2) is 10.4. The highest BCUT2D eigenvalue weighted by Crippen LogP contribution is 2.58. The lowest BCUT2D eigenvalue weighted by Crippen LogP contribution is -2.38. The minimum Gasteiger partial charge on any atom is -0.392 e. The lowest BCUT2D eigenvalue weighted by atomic mass is 9.64. The molecule has 1 saturated carbocycles. The molecular formula is C25H39F3O5. The molecule has 3 aliphatic carbocycles. The molecule has 7 atom stereocenters. The highest BCUT2D eigenvalue weighted by Gasteiger charge is 2.49. The van der Waals surface area contributed by atoms with Crippen molar-refractivity contribution in [2.45, 2.75) is 96.3 Å². The molecule has 8 heteroatoms. The van der Waals surface area contributed by atoms with E-state index in [1.807, 2.05) is 6.08 Å². The van der Waals surface area contributed by atoms with E-state index >= 15 is 0 Å². The summed E-state index contributed by atoms with van der Waals surface area (Å²) in [5.41, 5.74) is 3.86. The Hall–Kier alpha value is -0.930. The number of halogens is 3. The number of fused-ring (bicyclic) bond motifs is 3. The summed E-state index contributed by atoms with van der Waals surface area (Å²) in [4.78, 5) is 0. The van der Waals surface area contributed by atoms with Crippen LogP contribution in [0.4, 0.5) is 13.2 Å². The van der Waals surface area contributed by atoms with Gasteiger partial charge in [0, 0.05) is 12.3 Å². The molecule has 4 N–H and O–H groups in total. The third-order valence-corrected chi connectivity index (χ3v) is 7.86. The summed E-state index contributed by atoms with van der Waals surface area (Å²) >= 11 is 0. The maximum atomic E-state index is 12.9. The smallest absolute Gasteiger partial charge is 0.392 e. The van der Waals surface area contributed by atoms with Crippen LogP contribution in [0, 0.1) is 23.2 Å². The Balaban J connectivity index is 0.000000323. The van der Waals surface area contributed by atoms with Crippen molar-refractivity contribution < 1.29 is 38.3 Å². The monoisotopic (exact) mass is 476 g/mol. The molecular weight excluding hydrogens is 437 g/mol. The lowest BCUT2D eigenvalue weighted by Gasteiger charge is -2.41. The highest BCUT2D eigenvalue weighted by molar-refractivity contribution is 5.48. The first-order valence-corrected chi connectivity index (χ1v) is 12.1. The summed E-state index contributed by atoms with van der Waals surface area (Å²) in [7, 11) is 0.